The van der Waals surface area contributed by atoms with E-state index in [0.29, 0.717) is 32.0 Å². The quantitative estimate of drug-likeness (QED) is 0.522. The maximum absolute atomic E-state index is 11.6. The van der Waals surface area contributed by atoms with Crippen LogP contribution in [0.3, 0.4) is 0 Å². The Morgan fingerprint density at radius 2 is 1.95 bits per heavy atom. The number of hydrogen-bond donors (Lipinski definition) is 4. The molecular formula is C14H28N4O2. The number of urea groups is 1. The van der Waals surface area contributed by atoms with E-state index in [1.807, 2.05) is 6.92 Å². The summed E-state index contributed by atoms with van der Waals surface area (Å²) in [6.07, 6.45) is 6.87. The number of carbonyl (C=O) groups is 2. The van der Waals surface area contributed by atoms with Crippen molar-refractivity contribution in [1.29, 1.82) is 0 Å². The van der Waals surface area contributed by atoms with E-state index in [2.05, 4.69) is 16.0 Å². The predicted molar refractivity (Wildman–Crippen MR) is 79.3 cm³/mol. The van der Waals surface area contributed by atoms with Gasteiger partial charge in [0.15, 0.2) is 0 Å². The second kappa shape index (κ2) is 9.58. The van der Waals surface area contributed by atoms with E-state index in [9.17, 15) is 9.59 Å². The first kappa shape index (κ1) is 16.8. The largest absolute Gasteiger partial charge is 0.352 e. The second-order valence-electron chi connectivity index (χ2n) is 5.54. The fraction of sp³-hybridized carbons (Fsp3) is 0.857. The Kier molecular flexibility index (Phi) is 8.02. The van der Waals surface area contributed by atoms with Gasteiger partial charge in [0.1, 0.15) is 0 Å². The molecule has 0 spiro atoms. The standard InChI is InChI=1S/C14H28N4O2/c1-11(10-15)17-13(19)8-5-9-16-14(20)18-12-6-3-2-4-7-12/h11-12H,2-10,15H2,1H3,(H,17,19)(H2,16,18,20)/t11-/m0/s1. The van der Waals surface area contributed by atoms with Crippen molar-refractivity contribution < 1.29 is 9.59 Å². The molecule has 3 amide bonds. The normalized spacial score (nSPS) is 17.3. The minimum atomic E-state index is -0.118. The number of nitrogens with one attached hydrogen (secondary N) is 3. The zero-order valence-corrected chi connectivity index (χ0v) is 12.4. The maximum Gasteiger partial charge on any atom is 0.315 e. The molecule has 6 nitrogen and oxygen atoms in total. The highest BCUT2D eigenvalue weighted by Crippen LogP contribution is 2.17. The summed E-state index contributed by atoms with van der Waals surface area (Å²) < 4.78 is 0. The van der Waals surface area contributed by atoms with Crippen LogP contribution < -0.4 is 21.7 Å². The lowest BCUT2D eigenvalue weighted by Gasteiger charge is -2.22. The average Bonchev–Trinajstić information content (AvgIpc) is 2.44. The molecule has 0 aromatic carbocycles. The SMILES string of the molecule is C[C@@H](CN)NC(=O)CCCNC(=O)NC1CCCCC1. The topological polar surface area (TPSA) is 96.2 Å². The molecule has 1 aliphatic rings. The minimum Gasteiger partial charge on any atom is -0.352 e. The molecule has 0 aromatic heterocycles. The molecule has 0 heterocycles. The zero-order valence-electron chi connectivity index (χ0n) is 12.4. The molecule has 0 bridgehead atoms. The molecule has 0 saturated heterocycles. The van der Waals surface area contributed by atoms with E-state index in [-0.39, 0.29) is 18.0 Å². The van der Waals surface area contributed by atoms with Crippen LogP contribution in [0.1, 0.15) is 51.9 Å². The summed E-state index contributed by atoms with van der Waals surface area (Å²) in [5.41, 5.74) is 5.42. The highest BCUT2D eigenvalue weighted by molar-refractivity contribution is 5.76. The van der Waals surface area contributed by atoms with Crippen LogP contribution in [0.25, 0.3) is 0 Å². The number of amides is 3. The van der Waals surface area contributed by atoms with Crippen LogP contribution in [0.5, 0.6) is 0 Å². The van der Waals surface area contributed by atoms with Gasteiger partial charge >= 0.3 is 6.03 Å². The van der Waals surface area contributed by atoms with Gasteiger partial charge in [-0.25, -0.2) is 4.79 Å². The first-order valence-corrected chi connectivity index (χ1v) is 7.65. The first-order chi connectivity index (χ1) is 9.61. The van der Waals surface area contributed by atoms with Gasteiger partial charge in [0.05, 0.1) is 0 Å². The maximum atomic E-state index is 11.6. The molecule has 5 N–H and O–H groups in total. The third-order valence-corrected chi connectivity index (χ3v) is 3.57. The summed E-state index contributed by atoms with van der Waals surface area (Å²) in [4.78, 5) is 23.1. The van der Waals surface area contributed by atoms with Crippen LogP contribution in [0.2, 0.25) is 0 Å². The third kappa shape index (κ3) is 7.33. The van der Waals surface area contributed by atoms with Gasteiger partial charge in [0.25, 0.3) is 0 Å². The Hall–Kier alpha value is -1.30. The lowest BCUT2D eigenvalue weighted by Crippen LogP contribution is -2.43. The van der Waals surface area contributed by atoms with Gasteiger partial charge in [0.2, 0.25) is 5.91 Å². The monoisotopic (exact) mass is 284 g/mol. The van der Waals surface area contributed by atoms with Gasteiger partial charge in [-0.3, -0.25) is 4.79 Å². The molecule has 1 fully saturated rings. The molecule has 0 aliphatic heterocycles. The second-order valence-corrected chi connectivity index (χ2v) is 5.54. The van der Waals surface area contributed by atoms with Crippen LogP contribution in [0.4, 0.5) is 4.79 Å². The third-order valence-electron chi connectivity index (χ3n) is 3.57. The highest BCUT2D eigenvalue weighted by atomic mass is 16.2. The number of hydrogen-bond acceptors (Lipinski definition) is 3. The van der Waals surface area contributed by atoms with Gasteiger partial charge in [-0.05, 0) is 26.2 Å². The van der Waals surface area contributed by atoms with Crippen LogP contribution in [-0.4, -0.2) is 37.1 Å². The summed E-state index contributed by atoms with van der Waals surface area (Å²) in [6, 6.07) is 0.204. The van der Waals surface area contributed by atoms with Gasteiger partial charge in [-0.15, -0.1) is 0 Å². The fourth-order valence-electron chi connectivity index (χ4n) is 2.34. The summed E-state index contributed by atoms with van der Waals surface area (Å²) >= 11 is 0. The van der Waals surface area contributed by atoms with E-state index < -0.39 is 0 Å². The van der Waals surface area contributed by atoms with Crippen molar-refractivity contribution in [1.82, 2.24) is 16.0 Å². The molecule has 6 heteroatoms. The molecule has 0 aromatic rings. The smallest absolute Gasteiger partial charge is 0.315 e. The Morgan fingerprint density at radius 3 is 2.60 bits per heavy atom. The number of rotatable bonds is 7. The van der Waals surface area contributed by atoms with Crippen molar-refractivity contribution in [2.45, 2.75) is 64.0 Å². The number of nitrogens with two attached hydrogens (primary N) is 1. The molecule has 0 radical (unpaired) electrons. The molecule has 1 aliphatic carbocycles. The predicted octanol–water partition coefficient (Wildman–Crippen LogP) is 0.862. The molecule has 0 unspecified atom stereocenters. The fourth-order valence-corrected chi connectivity index (χ4v) is 2.34. The van der Waals surface area contributed by atoms with Crippen LogP contribution >= 0.6 is 0 Å². The van der Waals surface area contributed by atoms with Gasteiger partial charge in [-0.1, -0.05) is 19.3 Å². The Bertz CT molecular complexity index is 304. The van der Waals surface area contributed by atoms with Crippen molar-refractivity contribution in [3.63, 3.8) is 0 Å². The zero-order chi connectivity index (χ0) is 14.8. The molecule has 1 saturated carbocycles. The molecule has 1 atom stereocenters. The number of carbonyl (C=O) groups excluding carboxylic acids is 2. The minimum absolute atomic E-state index is 0.00468. The van der Waals surface area contributed by atoms with Crippen molar-refractivity contribution in [2.24, 2.45) is 5.73 Å². The summed E-state index contributed by atoms with van der Waals surface area (Å²) in [5.74, 6) is -0.0163. The average molecular weight is 284 g/mol. The van der Waals surface area contributed by atoms with Crippen molar-refractivity contribution >= 4 is 11.9 Å². The Balaban J connectivity index is 2.02. The van der Waals surface area contributed by atoms with Gasteiger partial charge in [0, 0.05) is 31.6 Å². The van der Waals surface area contributed by atoms with E-state index in [0.717, 1.165) is 12.8 Å². The van der Waals surface area contributed by atoms with Crippen molar-refractivity contribution in [3.8, 4) is 0 Å². The Labute approximate surface area is 121 Å². The van der Waals surface area contributed by atoms with Gasteiger partial charge in [-0.2, -0.15) is 0 Å². The van der Waals surface area contributed by atoms with Crippen LogP contribution in [0, 0.1) is 0 Å². The van der Waals surface area contributed by atoms with E-state index in [1.165, 1.54) is 19.3 Å². The molecule has 1 rings (SSSR count). The van der Waals surface area contributed by atoms with Crippen LogP contribution in [-0.2, 0) is 4.79 Å². The summed E-state index contributed by atoms with van der Waals surface area (Å²) in [5, 5.41) is 8.57. The summed E-state index contributed by atoms with van der Waals surface area (Å²) in [7, 11) is 0. The summed E-state index contributed by atoms with van der Waals surface area (Å²) in [6.45, 7) is 2.82. The lowest BCUT2D eigenvalue weighted by molar-refractivity contribution is -0.121. The van der Waals surface area contributed by atoms with Crippen LogP contribution in [0.15, 0.2) is 0 Å². The van der Waals surface area contributed by atoms with Crippen molar-refractivity contribution in [3.05, 3.63) is 0 Å². The molecule has 20 heavy (non-hydrogen) atoms. The highest BCUT2D eigenvalue weighted by Gasteiger charge is 2.15. The van der Waals surface area contributed by atoms with Crippen molar-refractivity contribution in [2.75, 3.05) is 13.1 Å². The lowest BCUT2D eigenvalue weighted by atomic mass is 9.96. The Morgan fingerprint density at radius 1 is 1.25 bits per heavy atom. The van der Waals surface area contributed by atoms with E-state index in [1.54, 1.807) is 0 Å². The molecular weight excluding hydrogens is 256 g/mol. The first-order valence-electron chi connectivity index (χ1n) is 7.65. The molecule has 116 valence electrons. The van der Waals surface area contributed by atoms with Gasteiger partial charge < -0.3 is 21.7 Å². The van der Waals surface area contributed by atoms with E-state index in [4.69, 9.17) is 5.73 Å². The van der Waals surface area contributed by atoms with E-state index >= 15 is 0 Å².